The first-order chi connectivity index (χ1) is 6.93. The van der Waals surface area contributed by atoms with E-state index >= 15 is 0 Å². The Hall–Kier alpha value is -1.42. The maximum absolute atomic E-state index is 9.09. The van der Waals surface area contributed by atoms with E-state index < -0.39 is 22.4 Å². The van der Waals surface area contributed by atoms with Crippen molar-refractivity contribution in [2.75, 3.05) is 0 Å². The first-order valence-corrected chi connectivity index (χ1v) is 4.18. The number of thiol groups is 2. The lowest BCUT2D eigenvalue weighted by molar-refractivity contribution is -0.135. The molecule has 0 aromatic carbocycles. The van der Waals surface area contributed by atoms with Gasteiger partial charge in [-0.3, -0.25) is 19.2 Å². The molecule has 0 aliphatic rings. The molecule has 0 bridgehead atoms. The summed E-state index contributed by atoms with van der Waals surface area (Å²) in [7, 11) is 0. The molecule has 96 valence electrons. The van der Waals surface area contributed by atoms with Gasteiger partial charge >= 0.3 is 0 Å². The molecule has 2 amide bonds. The molecule has 0 aromatic heterocycles. The Bertz CT molecular complexity index is 169. The summed E-state index contributed by atoms with van der Waals surface area (Å²) in [4.78, 5) is 36.2. The Morgan fingerprint density at radius 3 is 0.812 bits per heavy atom. The van der Waals surface area contributed by atoms with Gasteiger partial charge in [0, 0.05) is 13.8 Å². The molecular weight excluding hydrogens is 260 g/mol. The summed E-state index contributed by atoms with van der Waals surface area (Å²) in [6.45, 7) is 2.17. The van der Waals surface area contributed by atoms with Crippen LogP contribution >= 0.6 is 25.3 Å². The van der Waals surface area contributed by atoms with Crippen molar-refractivity contribution in [3.05, 3.63) is 0 Å². The molecule has 0 aliphatic heterocycles. The highest BCUT2D eigenvalue weighted by atomic mass is 32.1. The highest BCUT2D eigenvalue weighted by molar-refractivity contribution is 7.96. The third-order valence-electron chi connectivity index (χ3n) is 0. The molecule has 0 saturated carbocycles. The zero-order chi connectivity index (χ0) is 14.3. The molecule has 0 radical (unpaired) electrons. The first kappa shape index (κ1) is 24.0. The number of carbonyl (C=O) groups excluding carboxylic acids is 2. The van der Waals surface area contributed by atoms with Gasteiger partial charge in [0.15, 0.2) is 0 Å². The van der Waals surface area contributed by atoms with Crippen LogP contribution in [-0.4, -0.2) is 32.6 Å². The van der Waals surface area contributed by atoms with Crippen LogP contribution < -0.4 is 11.5 Å². The van der Waals surface area contributed by atoms with Crippen LogP contribution in [0.5, 0.6) is 0 Å². The molecule has 8 nitrogen and oxygen atoms in total. The van der Waals surface area contributed by atoms with Crippen LogP contribution in [0.1, 0.15) is 13.8 Å². The van der Waals surface area contributed by atoms with E-state index in [4.69, 9.17) is 29.4 Å². The maximum Gasteiger partial charge on any atom is 0.300 e. The van der Waals surface area contributed by atoms with Crippen LogP contribution in [0.2, 0.25) is 0 Å². The number of carboxylic acid groups (broad SMARTS) is 2. The maximum atomic E-state index is 9.09. The van der Waals surface area contributed by atoms with Gasteiger partial charge in [-0.15, -0.1) is 0 Å². The molecule has 16 heavy (non-hydrogen) atoms. The van der Waals surface area contributed by atoms with Crippen LogP contribution in [0.3, 0.4) is 0 Å². The lowest BCUT2D eigenvalue weighted by Gasteiger charge is -1.59. The number of carboxylic acids is 2. The molecule has 0 atom stereocenters. The minimum atomic E-state index is -0.833. The van der Waals surface area contributed by atoms with Gasteiger partial charge in [-0.25, -0.2) is 0 Å². The second-order valence-electron chi connectivity index (χ2n) is 1.71. The Kier molecular flexibility index (Phi) is 28.8. The third kappa shape index (κ3) is 837. The average molecular weight is 274 g/mol. The largest absolute Gasteiger partial charge is 0.481 e. The van der Waals surface area contributed by atoms with E-state index in [1.54, 1.807) is 0 Å². The summed E-state index contributed by atoms with van der Waals surface area (Å²) < 4.78 is 0. The van der Waals surface area contributed by atoms with E-state index in [0.717, 1.165) is 13.8 Å². The lowest BCUT2D eigenvalue weighted by atomic mass is 10.9. The first-order valence-electron chi connectivity index (χ1n) is 3.29. The zero-order valence-electron chi connectivity index (χ0n) is 8.58. The Labute approximate surface area is 103 Å². The highest BCUT2D eigenvalue weighted by Crippen LogP contribution is 1.61. The second-order valence-corrected chi connectivity index (χ2v) is 2.60. The molecule has 0 saturated heterocycles. The van der Waals surface area contributed by atoms with Crippen molar-refractivity contribution in [1.82, 2.24) is 0 Å². The quantitative estimate of drug-likeness (QED) is 0.345. The lowest BCUT2D eigenvalue weighted by Crippen LogP contribution is -1.95. The number of carbonyl (C=O) groups is 4. The van der Waals surface area contributed by atoms with E-state index in [1.807, 2.05) is 0 Å². The average Bonchev–Trinajstić information content (AvgIpc) is 1.76. The summed E-state index contributed by atoms with van der Waals surface area (Å²) in [5.41, 5.74) is 8.67. The van der Waals surface area contributed by atoms with Crippen LogP contribution in [0, 0.1) is 0 Å². The molecule has 0 unspecified atom stereocenters. The minimum Gasteiger partial charge on any atom is -0.481 e. The summed E-state index contributed by atoms with van der Waals surface area (Å²) in [6.07, 6.45) is 0. The van der Waals surface area contributed by atoms with Crippen molar-refractivity contribution in [3.63, 3.8) is 0 Å². The fraction of sp³-hybridized carbons (Fsp3) is 0.333. The molecule has 10 heteroatoms. The molecule has 6 N–H and O–H groups in total. The van der Waals surface area contributed by atoms with Gasteiger partial charge in [-0.05, 0) is 0 Å². The predicted octanol–water partition coefficient (Wildman–Crippen LogP) is 0.172. The van der Waals surface area contributed by atoms with E-state index in [1.165, 1.54) is 0 Å². The fourth-order valence-corrected chi connectivity index (χ4v) is 0. The number of nitrogens with two attached hydrogens (primary N) is 2. The number of primary amides is 2. The molecule has 0 spiro atoms. The van der Waals surface area contributed by atoms with Gasteiger partial charge in [0.25, 0.3) is 22.4 Å². The number of hydrogen-bond acceptors (Lipinski definition) is 4. The van der Waals surface area contributed by atoms with Gasteiger partial charge < -0.3 is 21.7 Å². The molecule has 0 rings (SSSR count). The second kappa shape index (κ2) is 19.2. The normalized spacial score (nSPS) is 6.25. The van der Waals surface area contributed by atoms with Crippen molar-refractivity contribution in [1.29, 1.82) is 0 Å². The Balaban J connectivity index is -0.0000000600. The Morgan fingerprint density at radius 1 is 0.812 bits per heavy atom. The number of hydrogen-bond donors (Lipinski definition) is 6. The van der Waals surface area contributed by atoms with Crippen molar-refractivity contribution < 1.29 is 29.4 Å². The standard InChI is InChI=1S/2C2H4O2.2CH3NOS/c2*1-2(3)4;2*2-1(3)4/h2*1H3,(H,3,4);2*(H3,2,3,4). The molecule has 0 fully saturated rings. The number of amides is 2. The number of aliphatic carboxylic acids is 2. The van der Waals surface area contributed by atoms with Crippen molar-refractivity contribution in [3.8, 4) is 0 Å². The minimum absolute atomic E-state index is 0.639. The van der Waals surface area contributed by atoms with Crippen molar-refractivity contribution in [2.24, 2.45) is 11.5 Å². The van der Waals surface area contributed by atoms with Crippen LogP contribution in [0.25, 0.3) is 0 Å². The summed E-state index contributed by atoms with van der Waals surface area (Å²) >= 11 is 6.21. The van der Waals surface area contributed by atoms with Crippen LogP contribution in [-0.2, 0) is 9.59 Å². The SMILES string of the molecule is CC(=O)O.CC(=O)O.NC(=O)S.NC(=O)S. The van der Waals surface area contributed by atoms with Crippen molar-refractivity contribution >= 4 is 47.7 Å². The monoisotopic (exact) mass is 274 g/mol. The molecule has 0 aliphatic carbocycles. The smallest absolute Gasteiger partial charge is 0.300 e. The van der Waals surface area contributed by atoms with Gasteiger partial charge in [-0.2, -0.15) is 0 Å². The Morgan fingerprint density at radius 2 is 0.812 bits per heavy atom. The fourth-order valence-electron chi connectivity index (χ4n) is 0. The molecular formula is C6H14N2O6S2. The van der Waals surface area contributed by atoms with E-state index in [2.05, 4.69) is 36.7 Å². The van der Waals surface area contributed by atoms with Crippen molar-refractivity contribution in [2.45, 2.75) is 13.8 Å². The topological polar surface area (TPSA) is 161 Å². The highest BCUT2D eigenvalue weighted by Gasteiger charge is 1.66. The van der Waals surface area contributed by atoms with Gasteiger partial charge in [-0.1, -0.05) is 25.3 Å². The summed E-state index contributed by atoms with van der Waals surface area (Å²) in [6, 6.07) is 0. The summed E-state index contributed by atoms with van der Waals surface area (Å²) in [5.74, 6) is -1.67. The zero-order valence-corrected chi connectivity index (χ0v) is 10.4. The van der Waals surface area contributed by atoms with E-state index in [9.17, 15) is 0 Å². The molecule has 0 heterocycles. The van der Waals surface area contributed by atoms with Crippen LogP contribution in [0.15, 0.2) is 0 Å². The molecule has 0 aromatic rings. The van der Waals surface area contributed by atoms with Gasteiger partial charge in [0.2, 0.25) is 0 Å². The number of rotatable bonds is 0. The van der Waals surface area contributed by atoms with E-state index in [0.29, 0.717) is 0 Å². The predicted molar refractivity (Wildman–Crippen MR) is 63.8 cm³/mol. The van der Waals surface area contributed by atoms with Gasteiger partial charge in [0.1, 0.15) is 0 Å². The summed E-state index contributed by atoms with van der Waals surface area (Å²) in [5, 5.41) is 13.6. The van der Waals surface area contributed by atoms with Crippen LogP contribution in [0.4, 0.5) is 9.59 Å². The van der Waals surface area contributed by atoms with E-state index in [-0.39, 0.29) is 0 Å². The van der Waals surface area contributed by atoms with Gasteiger partial charge in [0.05, 0.1) is 0 Å². The third-order valence-corrected chi connectivity index (χ3v) is 0.